The summed E-state index contributed by atoms with van der Waals surface area (Å²) in [5, 5.41) is 0. The fourth-order valence-electron chi connectivity index (χ4n) is 3.86. The van der Waals surface area contributed by atoms with Gasteiger partial charge in [0.05, 0.1) is 0 Å². The molecule has 2 aromatic rings. The van der Waals surface area contributed by atoms with Gasteiger partial charge in [-0.05, 0) is 85.8 Å². The second kappa shape index (κ2) is 7.95. The molecule has 0 N–H and O–H groups in total. The van der Waals surface area contributed by atoms with Gasteiger partial charge in [0.25, 0.3) is 0 Å². The molecule has 0 aromatic heterocycles. The highest BCUT2D eigenvalue weighted by Crippen LogP contribution is 2.36. The number of benzene rings is 2. The summed E-state index contributed by atoms with van der Waals surface area (Å²) in [5.41, 5.74) is 4.93. The van der Waals surface area contributed by atoms with Gasteiger partial charge in [-0.3, -0.25) is 0 Å². The van der Waals surface area contributed by atoms with Crippen molar-refractivity contribution in [2.24, 2.45) is 0 Å². The molecule has 2 heteroatoms. The number of allylic oxidation sites excluding steroid dienone is 2. The van der Waals surface area contributed by atoms with E-state index in [-0.39, 0.29) is 23.1 Å². The van der Waals surface area contributed by atoms with E-state index in [1.807, 2.05) is 19.1 Å². The van der Waals surface area contributed by atoms with Crippen LogP contribution in [0.15, 0.2) is 42.5 Å². The van der Waals surface area contributed by atoms with Crippen LogP contribution in [-0.2, 0) is 25.7 Å². The zero-order valence-corrected chi connectivity index (χ0v) is 15.1. The number of hydrogen-bond donors (Lipinski definition) is 0. The minimum Gasteiger partial charge on any atom is -0.207 e. The molecule has 0 nitrogen and oxygen atoms in total. The Labute approximate surface area is 149 Å². The Bertz CT molecular complexity index is 751. The Hall–Kier alpha value is -1.96. The third kappa shape index (κ3) is 4.00. The van der Waals surface area contributed by atoms with Crippen molar-refractivity contribution in [2.75, 3.05) is 0 Å². The quantitative estimate of drug-likeness (QED) is 0.560. The van der Waals surface area contributed by atoms with Crippen LogP contribution in [-0.4, -0.2) is 0 Å². The molecule has 0 radical (unpaired) electrons. The summed E-state index contributed by atoms with van der Waals surface area (Å²) in [6.45, 7) is 4.10. The zero-order valence-electron chi connectivity index (χ0n) is 15.1. The summed E-state index contributed by atoms with van der Waals surface area (Å²) in [6.07, 6.45) is 8.93. The molecule has 0 bridgehead atoms. The van der Waals surface area contributed by atoms with Crippen LogP contribution >= 0.6 is 0 Å². The van der Waals surface area contributed by atoms with Crippen LogP contribution in [0.3, 0.4) is 0 Å². The minimum atomic E-state index is -0.380. The van der Waals surface area contributed by atoms with E-state index >= 15 is 0 Å². The van der Waals surface area contributed by atoms with Gasteiger partial charge in [-0.25, -0.2) is 8.78 Å². The summed E-state index contributed by atoms with van der Waals surface area (Å²) >= 11 is 0. The van der Waals surface area contributed by atoms with Gasteiger partial charge in [0.2, 0.25) is 0 Å². The van der Waals surface area contributed by atoms with Gasteiger partial charge in [0.1, 0.15) is 11.6 Å². The van der Waals surface area contributed by atoms with Crippen molar-refractivity contribution in [3.8, 4) is 0 Å². The van der Waals surface area contributed by atoms with Crippen molar-refractivity contribution in [3.63, 3.8) is 0 Å². The molecule has 1 unspecified atom stereocenters. The van der Waals surface area contributed by atoms with Gasteiger partial charge in [-0.1, -0.05) is 37.3 Å². The average Bonchev–Trinajstić information content (AvgIpc) is 2.61. The maximum absolute atomic E-state index is 14.6. The van der Waals surface area contributed by atoms with Crippen LogP contribution in [0.4, 0.5) is 8.78 Å². The standard InChI is InChI=1S/C23H26F2/c1-3-5-6-7-17-13-21(24)23(22(25)14-17)20-11-10-18-12-16(4-2)8-9-19(18)15-20/h3,5,8-9,12-14,20H,4,6-7,10-11,15H2,1-2H3/b5-3+. The molecule has 1 aliphatic rings. The minimum absolute atomic E-state index is 0.0652. The molecule has 25 heavy (non-hydrogen) atoms. The first-order chi connectivity index (χ1) is 12.1. The van der Waals surface area contributed by atoms with E-state index in [9.17, 15) is 8.78 Å². The fourth-order valence-corrected chi connectivity index (χ4v) is 3.86. The van der Waals surface area contributed by atoms with Crippen LogP contribution in [0.5, 0.6) is 0 Å². The molecular weight excluding hydrogens is 314 g/mol. The van der Waals surface area contributed by atoms with Crippen LogP contribution in [0, 0.1) is 11.6 Å². The Morgan fingerprint density at radius 1 is 1.04 bits per heavy atom. The molecule has 0 heterocycles. The first-order valence-corrected chi connectivity index (χ1v) is 9.32. The van der Waals surface area contributed by atoms with Gasteiger partial charge in [-0.15, -0.1) is 0 Å². The average molecular weight is 340 g/mol. The SMILES string of the molecule is C/C=C/CCc1cc(F)c(C2CCc3cc(CC)ccc3C2)c(F)c1. The predicted molar refractivity (Wildman–Crippen MR) is 100 cm³/mol. The topological polar surface area (TPSA) is 0 Å². The lowest BCUT2D eigenvalue weighted by Gasteiger charge is -2.26. The van der Waals surface area contributed by atoms with E-state index < -0.39 is 0 Å². The van der Waals surface area contributed by atoms with Gasteiger partial charge in [0, 0.05) is 5.56 Å². The van der Waals surface area contributed by atoms with Crippen molar-refractivity contribution in [1.82, 2.24) is 0 Å². The fraction of sp³-hybridized carbons (Fsp3) is 0.391. The molecule has 0 saturated carbocycles. The van der Waals surface area contributed by atoms with E-state index in [2.05, 4.69) is 25.1 Å². The van der Waals surface area contributed by atoms with Crippen molar-refractivity contribution >= 4 is 0 Å². The monoisotopic (exact) mass is 340 g/mol. The molecule has 0 spiro atoms. The van der Waals surface area contributed by atoms with Crippen LogP contribution in [0.1, 0.15) is 60.4 Å². The van der Waals surface area contributed by atoms with E-state index in [0.717, 1.165) is 37.7 Å². The molecule has 2 aromatic carbocycles. The maximum Gasteiger partial charge on any atom is 0.129 e. The Morgan fingerprint density at radius 3 is 2.48 bits per heavy atom. The highest BCUT2D eigenvalue weighted by molar-refractivity contribution is 5.38. The van der Waals surface area contributed by atoms with Gasteiger partial charge < -0.3 is 0 Å². The second-order valence-corrected chi connectivity index (χ2v) is 6.98. The third-order valence-electron chi connectivity index (χ3n) is 5.29. The van der Waals surface area contributed by atoms with Gasteiger partial charge in [-0.2, -0.15) is 0 Å². The second-order valence-electron chi connectivity index (χ2n) is 6.98. The summed E-state index contributed by atoms with van der Waals surface area (Å²) in [7, 11) is 0. The summed E-state index contributed by atoms with van der Waals surface area (Å²) < 4.78 is 29.3. The number of hydrogen-bond acceptors (Lipinski definition) is 0. The molecule has 132 valence electrons. The van der Waals surface area contributed by atoms with Crippen molar-refractivity contribution < 1.29 is 8.78 Å². The first kappa shape index (κ1) is 17.8. The lowest BCUT2D eigenvalue weighted by Crippen LogP contribution is -2.16. The number of rotatable bonds is 5. The lowest BCUT2D eigenvalue weighted by atomic mass is 9.79. The molecule has 0 saturated heterocycles. The molecule has 1 atom stereocenters. The third-order valence-corrected chi connectivity index (χ3v) is 5.29. The molecule has 0 amide bonds. The Morgan fingerprint density at radius 2 is 1.80 bits per heavy atom. The maximum atomic E-state index is 14.6. The lowest BCUT2D eigenvalue weighted by molar-refractivity contribution is 0.489. The van der Waals surface area contributed by atoms with Crippen LogP contribution in [0.25, 0.3) is 0 Å². The van der Waals surface area contributed by atoms with Crippen LogP contribution in [0.2, 0.25) is 0 Å². The highest BCUT2D eigenvalue weighted by atomic mass is 19.1. The van der Waals surface area contributed by atoms with Crippen LogP contribution < -0.4 is 0 Å². The van der Waals surface area contributed by atoms with E-state index in [1.165, 1.54) is 28.8 Å². The number of fused-ring (bicyclic) bond motifs is 1. The molecule has 3 rings (SSSR count). The Balaban J connectivity index is 1.82. The molecular formula is C23H26F2. The van der Waals surface area contributed by atoms with Crippen molar-refractivity contribution in [2.45, 2.75) is 58.3 Å². The smallest absolute Gasteiger partial charge is 0.129 e. The number of aryl methyl sites for hydroxylation is 3. The van der Waals surface area contributed by atoms with Crippen molar-refractivity contribution in [3.05, 3.63) is 81.9 Å². The summed E-state index contributed by atoms with van der Waals surface area (Å²) in [4.78, 5) is 0. The Kier molecular flexibility index (Phi) is 5.67. The van der Waals surface area contributed by atoms with Gasteiger partial charge >= 0.3 is 0 Å². The highest BCUT2D eigenvalue weighted by Gasteiger charge is 2.25. The summed E-state index contributed by atoms with van der Waals surface area (Å²) in [5.74, 6) is -0.826. The predicted octanol–water partition coefficient (Wildman–Crippen LogP) is 6.31. The van der Waals surface area contributed by atoms with E-state index in [1.54, 1.807) is 0 Å². The molecule has 0 fully saturated rings. The first-order valence-electron chi connectivity index (χ1n) is 9.32. The summed E-state index contributed by atoms with van der Waals surface area (Å²) in [6, 6.07) is 9.58. The normalized spacial score (nSPS) is 17.0. The largest absolute Gasteiger partial charge is 0.207 e. The van der Waals surface area contributed by atoms with Crippen molar-refractivity contribution in [1.29, 1.82) is 0 Å². The van der Waals surface area contributed by atoms with Gasteiger partial charge in [0.15, 0.2) is 0 Å². The number of halogens is 2. The molecule has 0 aliphatic heterocycles. The van der Waals surface area contributed by atoms with E-state index in [0.29, 0.717) is 6.42 Å². The van der Waals surface area contributed by atoms with E-state index in [4.69, 9.17) is 0 Å². The zero-order chi connectivity index (χ0) is 17.8. The molecule has 1 aliphatic carbocycles.